The van der Waals surface area contributed by atoms with Gasteiger partial charge in [0.25, 0.3) is 6.43 Å². The van der Waals surface area contributed by atoms with Crippen molar-refractivity contribution in [2.45, 2.75) is 31.7 Å². The summed E-state index contributed by atoms with van der Waals surface area (Å²) in [7, 11) is -3.36. The number of sulfonamides is 1. The Hall–Kier alpha value is -0.310. The van der Waals surface area contributed by atoms with Crippen LogP contribution in [0.25, 0.3) is 0 Å². The van der Waals surface area contributed by atoms with Gasteiger partial charge < -0.3 is 10.1 Å². The molecule has 0 spiro atoms. The average molecular weight is 286 g/mol. The molecule has 18 heavy (non-hydrogen) atoms. The van der Waals surface area contributed by atoms with Crippen molar-refractivity contribution in [3.05, 3.63) is 0 Å². The number of hydrogen-bond donors (Lipinski definition) is 2. The number of piperidine rings is 1. The van der Waals surface area contributed by atoms with Gasteiger partial charge in [0.15, 0.2) is 0 Å². The van der Waals surface area contributed by atoms with Crippen LogP contribution in [-0.2, 0) is 14.8 Å². The zero-order valence-electron chi connectivity index (χ0n) is 10.2. The van der Waals surface area contributed by atoms with Crippen molar-refractivity contribution in [1.82, 2.24) is 10.0 Å². The highest BCUT2D eigenvalue weighted by Crippen LogP contribution is 2.08. The van der Waals surface area contributed by atoms with Crippen LogP contribution in [-0.4, -0.2) is 52.9 Å². The molecule has 2 N–H and O–H groups in total. The van der Waals surface area contributed by atoms with Gasteiger partial charge in [-0.2, -0.15) is 0 Å². The summed E-state index contributed by atoms with van der Waals surface area (Å²) >= 11 is 0. The summed E-state index contributed by atoms with van der Waals surface area (Å²) in [5.41, 5.74) is 0. The number of nitrogens with one attached hydrogen (secondary N) is 2. The maximum Gasteiger partial charge on any atom is 0.261 e. The van der Waals surface area contributed by atoms with E-state index in [-0.39, 0.29) is 24.9 Å². The Bertz CT molecular complexity index is 319. The molecule has 1 heterocycles. The van der Waals surface area contributed by atoms with Gasteiger partial charge in [-0.25, -0.2) is 21.9 Å². The minimum Gasteiger partial charge on any atom is -0.374 e. The lowest BCUT2D eigenvalue weighted by Gasteiger charge is -2.23. The molecule has 1 aliphatic heterocycles. The van der Waals surface area contributed by atoms with E-state index in [1.165, 1.54) is 0 Å². The Morgan fingerprint density at radius 2 is 2.17 bits per heavy atom. The van der Waals surface area contributed by atoms with Crippen molar-refractivity contribution in [1.29, 1.82) is 0 Å². The Kier molecular flexibility index (Phi) is 6.98. The molecule has 5 nitrogen and oxygen atoms in total. The minimum atomic E-state index is -3.36. The highest BCUT2D eigenvalue weighted by molar-refractivity contribution is 7.89. The van der Waals surface area contributed by atoms with Crippen LogP contribution in [0.2, 0.25) is 0 Å². The topological polar surface area (TPSA) is 67.4 Å². The quantitative estimate of drug-likeness (QED) is 0.631. The fourth-order valence-electron chi connectivity index (χ4n) is 1.83. The van der Waals surface area contributed by atoms with Crippen LogP contribution in [0.3, 0.4) is 0 Å². The molecule has 108 valence electrons. The normalized spacial score (nSPS) is 21.4. The highest BCUT2D eigenvalue weighted by atomic mass is 32.2. The second-order valence-electron chi connectivity index (χ2n) is 4.29. The van der Waals surface area contributed by atoms with Crippen LogP contribution in [0.4, 0.5) is 8.78 Å². The van der Waals surface area contributed by atoms with Crippen molar-refractivity contribution < 1.29 is 21.9 Å². The first-order valence-electron chi connectivity index (χ1n) is 6.06. The summed E-state index contributed by atoms with van der Waals surface area (Å²) in [6.45, 7) is 0.174. The van der Waals surface area contributed by atoms with E-state index in [0.717, 1.165) is 25.8 Å². The van der Waals surface area contributed by atoms with Gasteiger partial charge in [-0.1, -0.05) is 6.42 Å². The van der Waals surface area contributed by atoms with E-state index in [0.29, 0.717) is 0 Å². The van der Waals surface area contributed by atoms with E-state index < -0.39 is 23.1 Å². The summed E-state index contributed by atoms with van der Waals surface area (Å²) in [5.74, 6) is 0.0296. The van der Waals surface area contributed by atoms with E-state index in [2.05, 4.69) is 14.8 Å². The number of rotatable bonds is 8. The third-order valence-corrected chi connectivity index (χ3v) is 4.13. The predicted octanol–water partition coefficient (Wildman–Crippen LogP) is 0.330. The first-order chi connectivity index (χ1) is 8.49. The predicted molar refractivity (Wildman–Crippen MR) is 64.3 cm³/mol. The van der Waals surface area contributed by atoms with Crippen molar-refractivity contribution >= 4 is 10.0 Å². The van der Waals surface area contributed by atoms with Gasteiger partial charge in [-0.15, -0.1) is 0 Å². The smallest absolute Gasteiger partial charge is 0.261 e. The standard InChI is InChI=1S/C10H20F2N2O3S/c11-10(12)7-17-6-5-14-18(15,16)8-9-3-1-2-4-13-9/h9-10,13-14H,1-8H2. The highest BCUT2D eigenvalue weighted by Gasteiger charge is 2.20. The first kappa shape index (κ1) is 15.7. The maximum atomic E-state index is 11.7. The van der Waals surface area contributed by atoms with Gasteiger partial charge in [0.05, 0.1) is 12.4 Å². The molecule has 0 bridgehead atoms. The van der Waals surface area contributed by atoms with Crippen molar-refractivity contribution in [2.75, 3.05) is 32.1 Å². The van der Waals surface area contributed by atoms with Crippen LogP contribution < -0.4 is 10.0 Å². The summed E-state index contributed by atoms with van der Waals surface area (Å²) in [5, 5.41) is 3.14. The molecule has 0 aliphatic carbocycles. The van der Waals surface area contributed by atoms with Crippen LogP contribution in [0.1, 0.15) is 19.3 Å². The number of alkyl halides is 2. The summed E-state index contributed by atoms with van der Waals surface area (Å²) in [4.78, 5) is 0. The van der Waals surface area contributed by atoms with Crippen molar-refractivity contribution in [2.24, 2.45) is 0 Å². The molecule has 8 heteroatoms. The lowest BCUT2D eigenvalue weighted by molar-refractivity contribution is 0.0199. The molecule has 0 aromatic heterocycles. The molecule has 1 saturated heterocycles. The van der Waals surface area contributed by atoms with E-state index >= 15 is 0 Å². The fraction of sp³-hybridized carbons (Fsp3) is 1.00. The number of hydrogen-bond acceptors (Lipinski definition) is 4. The molecule has 1 fully saturated rings. The molecule has 0 aromatic rings. The van der Waals surface area contributed by atoms with Crippen LogP contribution in [0, 0.1) is 0 Å². The van der Waals surface area contributed by atoms with Gasteiger partial charge in [0, 0.05) is 12.6 Å². The number of ether oxygens (including phenoxy) is 1. The molecule has 1 aliphatic rings. The lowest BCUT2D eigenvalue weighted by Crippen LogP contribution is -2.43. The summed E-state index contributed by atoms with van der Waals surface area (Å²) in [6, 6.07) is -0.0155. The fourth-order valence-corrected chi connectivity index (χ4v) is 3.16. The third kappa shape index (κ3) is 7.20. The molecule has 0 amide bonds. The largest absolute Gasteiger partial charge is 0.374 e. The zero-order chi connectivity index (χ0) is 13.4. The first-order valence-corrected chi connectivity index (χ1v) is 7.71. The van der Waals surface area contributed by atoms with Crippen LogP contribution in [0.15, 0.2) is 0 Å². The van der Waals surface area contributed by atoms with Gasteiger partial charge in [0.1, 0.15) is 6.61 Å². The molecular weight excluding hydrogens is 266 g/mol. The maximum absolute atomic E-state index is 11.7. The van der Waals surface area contributed by atoms with E-state index in [1.807, 2.05) is 0 Å². The Labute approximate surface area is 106 Å². The van der Waals surface area contributed by atoms with Gasteiger partial charge in [-0.05, 0) is 19.4 Å². The molecule has 1 rings (SSSR count). The van der Waals surface area contributed by atoms with E-state index in [9.17, 15) is 17.2 Å². The van der Waals surface area contributed by atoms with E-state index in [4.69, 9.17) is 0 Å². The molecule has 0 saturated carbocycles. The van der Waals surface area contributed by atoms with Gasteiger partial charge in [-0.3, -0.25) is 0 Å². The van der Waals surface area contributed by atoms with Gasteiger partial charge in [0.2, 0.25) is 10.0 Å². The lowest BCUT2D eigenvalue weighted by atomic mass is 10.1. The van der Waals surface area contributed by atoms with Crippen molar-refractivity contribution in [3.8, 4) is 0 Å². The summed E-state index contributed by atoms with van der Waals surface area (Å²) < 4.78 is 53.7. The Morgan fingerprint density at radius 3 is 2.78 bits per heavy atom. The zero-order valence-corrected chi connectivity index (χ0v) is 11.0. The van der Waals surface area contributed by atoms with Crippen LogP contribution in [0.5, 0.6) is 0 Å². The molecule has 1 atom stereocenters. The van der Waals surface area contributed by atoms with E-state index in [1.54, 1.807) is 0 Å². The molecule has 0 aromatic carbocycles. The third-order valence-electron chi connectivity index (χ3n) is 2.65. The molecule has 1 unspecified atom stereocenters. The minimum absolute atomic E-state index is 0.0155. The monoisotopic (exact) mass is 286 g/mol. The second-order valence-corrected chi connectivity index (χ2v) is 6.14. The summed E-state index contributed by atoms with van der Waals surface area (Å²) in [6.07, 6.45) is 0.437. The second kappa shape index (κ2) is 7.98. The average Bonchev–Trinajstić information content (AvgIpc) is 2.28. The Balaban J connectivity index is 2.14. The Morgan fingerprint density at radius 1 is 1.39 bits per heavy atom. The SMILES string of the molecule is O=S(=O)(CC1CCCCN1)NCCOCC(F)F. The molecule has 0 radical (unpaired) electrons. The van der Waals surface area contributed by atoms with Gasteiger partial charge >= 0.3 is 0 Å². The molecular formula is C10H20F2N2O3S. The van der Waals surface area contributed by atoms with Crippen molar-refractivity contribution in [3.63, 3.8) is 0 Å². The van der Waals surface area contributed by atoms with Crippen LogP contribution >= 0.6 is 0 Å². The number of halogens is 2.